The van der Waals surface area contributed by atoms with Crippen LogP contribution in [-0.2, 0) is 4.74 Å². The van der Waals surface area contributed by atoms with Gasteiger partial charge in [-0.15, -0.1) is 0 Å². The Morgan fingerprint density at radius 1 is 1.02 bits per heavy atom. The number of halogens is 3. The highest BCUT2D eigenvalue weighted by Crippen LogP contribution is 2.33. The normalized spacial score (nSPS) is 10.7. The number of aliphatic hydroxyl groups excluding tert-OH is 2. The van der Waals surface area contributed by atoms with E-state index in [1.165, 1.54) is 36.4 Å². The van der Waals surface area contributed by atoms with Crippen LogP contribution in [0.4, 0.5) is 4.39 Å². The number of ether oxygens (including phenoxy) is 2. The van der Waals surface area contributed by atoms with Crippen molar-refractivity contribution in [3.8, 4) is 23.6 Å². The lowest BCUT2D eigenvalue weighted by molar-refractivity contribution is 0.104. The molecule has 7 nitrogen and oxygen atoms in total. The van der Waals surface area contributed by atoms with E-state index in [1.54, 1.807) is 49.4 Å². The predicted molar refractivity (Wildman–Crippen MR) is 162 cm³/mol. The average Bonchev–Trinajstić information content (AvgIpc) is 2.98. The highest BCUT2D eigenvalue weighted by molar-refractivity contribution is 6.42. The molecular formula is C31H34Cl2FN3O4. The van der Waals surface area contributed by atoms with Crippen molar-refractivity contribution in [2.45, 2.75) is 20.1 Å². The first-order valence-corrected chi connectivity index (χ1v) is 13.2. The summed E-state index contributed by atoms with van der Waals surface area (Å²) in [5.74, 6) is 0.584. The van der Waals surface area contributed by atoms with Crippen LogP contribution in [0, 0.1) is 22.7 Å². The molecule has 2 aromatic rings. The van der Waals surface area contributed by atoms with Crippen molar-refractivity contribution in [3.05, 3.63) is 119 Å². The zero-order valence-corrected chi connectivity index (χ0v) is 24.4. The number of rotatable bonds is 10. The van der Waals surface area contributed by atoms with Gasteiger partial charge in [0.15, 0.2) is 0 Å². The first kappa shape index (κ1) is 37.3. The van der Waals surface area contributed by atoms with E-state index in [0.29, 0.717) is 37.4 Å². The highest BCUT2D eigenvalue weighted by Gasteiger charge is 2.10. The molecule has 1 atom stereocenters. The summed E-state index contributed by atoms with van der Waals surface area (Å²) in [6.45, 7) is 8.79. The summed E-state index contributed by atoms with van der Waals surface area (Å²) in [4.78, 5) is 0. The number of benzene rings is 1. The van der Waals surface area contributed by atoms with Crippen LogP contribution in [0.3, 0.4) is 0 Å². The summed E-state index contributed by atoms with van der Waals surface area (Å²) in [7, 11) is 0. The molecule has 0 aliphatic rings. The Morgan fingerprint density at radius 3 is 2.29 bits per heavy atom. The quantitative estimate of drug-likeness (QED) is 0.147. The Morgan fingerprint density at radius 2 is 1.68 bits per heavy atom. The van der Waals surface area contributed by atoms with Gasteiger partial charge in [-0.05, 0) is 61.9 Å². The lowest BCUT2D eigenvalue weighted by atomic mass is 10.1. The summed E-state index contributed by atoms with van der Waals surface area (Å²) < 4.78 is 22.2. The van der Waals surface area contributed by atoms with E-state index in [2.05, 4.69) is 11.9 Å². The molecule has 1 unspecified atom stereocenters. The Bertz CT molecular complexity index is 1270. The van der Waals surface area contributed by atoms with Crippen LogP contribution in [-0.4, -0.2) is 36.6 Å². The van der Waals surface area contributed by atoms with E-state index in [0.717, 1.165) is 0 Å². The van der Waals surface area contributed by atoms with Crippen LogP contribution in [0.1, 0.15) is 36.8 Å². The average molecular weight is 603 g/mol. The van der Waals surface area contributed by atoms with Gasteiger partial charge in [-0.1, -0.05) is 66.2 Å². The number of nitriles is 2. The van der Waals surface area contributed by atoms with Crippen molar-refractivity contribution in [3.63, 3.8) is 0 Å². The molecule has 3 N–H and O–H groups in total. The summed E-state index contributed by atoms with van der Waals surface area (Å²) in [6, 6.07) is 18.2. The Labute approximate surface area is 251 Å². The second kappa shape index (κ2) is 24.1. The van der Waals surface area contributed by atoms with E-state index in [1.807, 2.05) is 19.1 Å². The van der Waals surface area contributed by atoms with Crippen LogP contribution >= 0.6 is 23.2 Å². The number of hydrogen-bond donors (Lipinski definition) is 3. The van der Waals surface area contributed by atoms with Gasteiger partial charge in [0, 0.05) is 19.8 Å². The summed E-state index contributed by atoms with van der Waals surface area (Å²) >= 11 is 12.6. The van der Waals surface area contributed by atoms with Crippen molar-refractivity contribution >= 4 is 23.2 Å². The van der Waals surface area contributed by atoms with Crippen molar-refractivity contribution in [1.82, 2.24) is 5.32 Å². The van der Waals surface area contributed by atoms with Gasteiger partial charge in [0.05, 0.1) is 29.1 Å². The molecule has 218 valence electrons. The predicted octanol–water partition coefficient (Wildman–Crippen LogP) is 7.48. The van der Waals surface area contributed by atoms with Gasteiger partial charge in [-0.2, -0.15) is 10.5 Å². The van der Waals surface area contributed by atoms with E-state index in [9.17, 15) is 20.0 Å². The zero-order valence-electron chi connectivity index (χ0n) is 22.9. The molecule has 0 saturated heterocycles. The monoisotopic (exact) mass is 601 g/mol. The fourth-order valence-electron chi connectivity index (χ4n) is 2.70. The lowest BCUT2D eigenvalue weighted by Crippen LogP contribution is -2.25. The number of nitrogens with one attached hydrogen (secondary N) is 1. The number of allylic oxidation sites excluding steroid dienone is 4. The smallest absolute Gasteiger partial charge is 0.147 e. The van der Waals surface area contributed by atoms with E-state index >= 15 is 0 Å². The third kappa shape index (κ3) is 16.2. The largest absolute Gasteiger partial charge is 0.456 e. The van der Waals surface area contributed by atoms with Gasteiger partial charge in [-0.25, -0.2) is 4.39 Å². The van der Waals surface area contributed by atoms with Crippen LogP contribution in [0.5, 0.6) is 11.5 Å². The molecule has 2 aromatic carbocycles. The number of aliphatic hydroxyl groups is 2. The maximum atomic E-state index is 11.1. The van der Waals surface area contributed by atoms with Crippen LogP contribution in [0.25, 0.3) is 0 Å². The molecule has 0 spiro atoms. The molecule has 0 saturated carbocycles. The molecule has 10 heteroatoms. The third-order valence-electron chi connectivity index (χ3n) is 4.48. The first-order chi connectivity index (χ1) is 19.8. The van der Waals surface area contributed by atoms with Crippen molar-refractivity contribution in [1.29, 1.82) is 10.5 Å². The second-order valence-corrected chi connectivity index (χ2v) is 8.20. The van der Waals surface area contributed by atoms with Crippen LogP contribution < -0.4 is 10.1 Å². The molecule has 41 heavy (non-hydrogen) atoms. The molecule has 0 radical (unpaired) electrons. The molecule has 0 heterocycles. The van der Waals surface area contributed by atoms with Gasteiger partial charge in [0.25, 0.3) is 0 Å². The number of nitrogens with zero attached hydrogens (tertiary/aromatic N) is 2. The third-order valence-corrected chi connectivity index (χ3v) is 5.29. The molecule has 0 aromatic heterocycles. The minimum atomic E-state index is -0.909. The van der Waals surface area contributed by atoms with E-state index < -0.39 is 6.23 Å². The Hall–Kier alpha value is -3.73. The standard InChI is InChI=1S/C23H21Cl2N3O3.C6H7F.C2H6O/c1-2-30-12-11-28-23(29)16-5-3-7-19(13-16)31-21-10-9-18(15-27)17(14-26)6-4-8-20(24)22(21)25;1-2-3-4-5-6-7;1-2-3/h3-10,13,23,28-29H,2,11-12H2,1H3;2-6H,1H2;3H,2H2,1H3/b;4-3-,6-5+;. The minimum Gasteiger partial charge on any atom is -0.456 e. The molecule has 0 bridgehead atoms. The Balaban J connectivity index is 0.00000137. The first-order valence-electron chi connectivity index (χ1n) is 12.4. The number of hydrogen-bond acceptors (Lipinski definition) is 7. The maximum absolute atomic E-state index is 11.1. The van der Waals surface area contributed by atoms with E-state index in [-0.39, 0.29) is 33.5 Å². The summed E-state index contributed by atoms with van der Waals surface area (Å²) in [5, 5.41) is 39.8. The molecule has 0 aliphatic heterocycles. The van der Waals surface area contributed by atoms with Gasteiger partial charge in [0.1, 0.15) is 34.9 Å². The molecule has 0 amide bonds. The van der Waals surface area contributed by atoms with Crippen LogP contribution in [0.15, 0.2) is 91.8 Å². The molecular weight excluding hydrogens is 568 g/mol. The van der Waals surface area contributed by atoms with Gasteiger partial charge < -0.3 is 19.7 Å². The van der Waals surface area contributed by atoms with E-state index in [4.69, 9.17) is 37.8 Å². The van der Waals surface area contributed by atoms with Crippen LogP contribution in [0.2, 0.25) is 10.0 Å². The summed E-state index contributed by atoms with van der Waals surface area (Å²) in [5.41, 5.74) is 0.919. The fourth-order valence-corrected chi connectivity index (χ4v) is 3.03. The molecule has 0 fully saturated rings. The van der Waals surface area contributed by atoms with Crippen molar-refractivity contribution in [2.75, 3.05) is 26.4 Å². The van der Waals surface area contributed by atoms with Crippen molar-refractivity contribution < 1.29 is 24.1 Å². The molecule has 2 rings (SSSR count). The molecule has 0 aliphatic carbocycles. The Kier molecular flexibility index (Phi) is 21.9. The lowest BCUT2D eigenvalue weighted by Gasteiger charge is -2.14. The zero-order chi connectivity index (χ0) is 30.9. The maximum Gasteiger partial charge on any atom is 0.147 e. The fraction of sp³-hybridized carbons (Fsp3) is 0.226. The van der Waals surface area contributed by atoms with Gasteiger partial charge >= 0.3 is 0 Å². The topological polar surface area (TPSA) is 119 Å². The SMILES string of the molecule is C=C/C=C\C=C\F.CCO.CCOCCNC(O)c1cccc(Oc2ccc(C#N)c(C#N)cccc(Cl)c2Cl)c1. The second-order valence-electron chi connectivity index (χ2n) is 7.42. The van der Waals surface area contributed by atoms with Crippen molar-refractivity contribution in [2.24, 2.45) is 0 Å². The summed E-state index contributed by atoms with van der Waals surface area (Å²) in [6.07, 6.45) is 5.65. The highest BCUT2D eigenvalue weighted by atomic mass is 35.5. The van der Waals surface area contributed by atoms with Gasteiger partial charge in [-0.3, -0.25) is 5.32 Å². The van der Waals surface area contributed by atoms with Gasteiger partial charge in [0.2, 0.25) is 0 Å². The minimum absolute atomic E-state index is 0.126.